The number of benzene rings is 3. The summed E-state index contributed by atoms with van der Waals surface area (Å²) in [4.78, 5) is 33.5. The number of carbonyl (C=O) groups is 2. The summed E-state index contributed by atoms with van der Waals surface area (Å²) in [5.41, 5.74) is 1.59. The molecule has 4 rings (SSSR count). The van der Waals surface area contributed by atoms with Crippen LogP contribution >= 0.6 is 0 Å². The SMILES string of the molecule is CNC(C)CNC(=O)c1c(O)c2ccccc2c2nc3ccc(C(=O)O)cc3nc12. The highest BCUT2D eigenvalue weighted by Crippen LogP contribution is 2.36. The number of carboxylic acid groups (broad SMARTS) is 1. The molecule has 0 aliphatic heterocycles. The molecule has 1 atom stereocenters. The Labute approximate surface area is 171 Å². The molecule has 152 valence electrons. The van der Waals surface area contributed by atoms with Gasteiger partial charge in [-0.2, -0.15) is 0 Å². The first-order chi connectivity index (χ1) is 14.4. The molecule has 8 nitrogen and oxygen atoms in total. The van der Waals surface area contributed by atoms with Crippen molar-refractivity contribution in [2.75, 3.05) is 13.6 Å². The summed E-state index contributed by atoms with van der Waals surface area (Å²) >= 11 is 0. The topological polar surface area (TPSA) is 124 Å². The van der Waals surface area contributed by atoms with Crippen molar-refractivity contribution in [3.05, 3.63) is 53.6 Å². The number of carbonyl (C=O) groups excluding carboxylic acids is 1. The molecule has 1 amide bonds. The third-order valence-corrected chi connectivity index (χ3v) is 5.11. The Bertz CT molecular complexity index is 1320. The number of phenolic OH excluding ortho intramolecular Hbond substituents is 1. The van der Waals surface area contributed by atoms with Gasteiger partial charge in [-0.15, -0.1) is 0 Å². The Morgan fingerprint density at radius 1 is 1.03 bits per heavy atom. The van der Waals surface area contributed by atoms with Crippen LogP contribution in [0.1, 0.15) is 27.6 Å². The van der Waals surface area contributed by atoms with Crippen LogP contribution in [-0.4, -0.2) is 51.7 Å². The van der Waals surface area contributed by atoms with Crippen LogP contribution in [0.5, 0.6) is 5.75 Å². The smallest absolute Gasteiger partial charge is 0.335 e. The van der Waals surface area contributed by atoms with E-state index in [4.69, 9.17) is 0 Å². The van der Waals surface area contributed by atoms with Gasteiger partial charge in [0.15, 0.2) is 0 Å². The first kappa shape index (κ1) is 19.5. The molecule has 3 aromatic carbocycles. The zero-order valence-corrected chi connectivity index (χ0v) is 16.4. The fraction of sp³-hybridized carbons (Fsp3) is 0.182. The van der Waals surface area contributed by atoms with E-state index in [-0.39, 0.29) is 28.4 Å². The van der Waals surface area contributed by atoms with Crippen LogP contribution in [0.3, 0.4) is 0 Å². The normalized spacial score (nSPS) is 12.3. The number of aromatic nitrogens is 2. The maximum Gasteiger partial charge on any atom is 0.335 e. The number of fused-ring (bicyclic) bond motifs is 4. The molecule has 0 saturated carbocycles. The average molecular weight is 404 g/mol. The average Bonchev–Trinajstić information content (AvgIpc) is 2.76. The third kappa shape index (κ3) is 3.27. The van der Waals surface area contributed by atoms with E-state index < -0.39 is 11.9 Å². The number of carboxylic acids is 1. The van der Waals surface area contributed by atoms with E-state index in [1.165, 1.54) is 12.1 Å². The molecule has 1 aromatic heterocycles. The first-order valence-corrected chi connectivity index (χ1v) is 9.44. The van der Waals surface area contributed by atoms with Gasteiger partial charge in [0.25, 0.3) is 5.91 Å². The van der Waals surface area contributed by atoms with Gasteiger partial charge in [-0.3, -0.25) is 4.79 Å². The van der Waals surface area contributed by atoms with Gasteiger partial charge in [-0.25, -0.2) is 14.8 Å². The fourth-order valence-corrected chi connectivity index (χ4v) is 3.34. The molecule has 30 heavy (non-hydrogen) atoms. The minimum Gasteiger partial charge on any atom is -0.506 e. The number of likely N-dealkylation sites (N-methyl/N-ethyl adjacent to an activating group) is 1. The van der Waals surface area contributed by atoms with Crippen molar-refractivity contribution in [3.63, 3.8) is 0 Å². The molecule has 8 heteroatoms. The van der Waals surface area contributed by atoms with Crippen LogP contribution < -0.4 is 10.6 Å². The Kier molecular flexibility index (Phi) is 4.93. The monoisotopic (exact) mass is 404 g/mol. The van der Waals surface area contributed by atoms with Crippen molar-refractivity contribution in [1.82, 2.24) is 20.6 Å². The van der Waals surface area contributed by atoms with Crippen LogP contribution in [0.2, 0.25) is 0 Å². The maximum absolute atomic E-state index is 13.0. The Balaban J connectivity index is 2.02. The van der Waals surface area contributed by atoms with Gasteiger partial charge in [-0.05, 0) is 32.2 Å². The molecule has 0 radical (unpaired) electrons. The summed E-state index contributed by atoms with van der Waals surface area (Å²) in [7, 11) is 1.79. The number of nitrogens with one attached hydrogen (secondary N) is 2. The zero-order valence-electron chi connectivity index (χ0n) is 16.4. The molecule has 0 fully saturated rings. The van der Waals surface area contributed by atoms with E-state index in [0.717, 1.165) is 0 Å². The number of amides is 1. The van der Waals surface area contributed by atoms with Gasteiger partial charge in [0.05, 0.1) is 22.1 Å². The Hall–Kier alpha value is -3.78. The minimum absolute atomic E-state index is 0.0159. The van der Waals surface area contributed by atoms with Gasteiger partial charge in [0.2, 0.25) is 0 Å². The summed E-state index contributed by atoms with van der Waals surface area (Å²) in [5, 5.41) is 27.2. The number of hydrogen-bond acceptors (Lipinski definition) is 6. The van der Waals surface area contributed by atoms with Crippen molar-refractivity contribution < 1.29 is 19.8 Å². The van der Waals surface area contributed by atoms with Gasteiger partial charge in [0, 0.05) is 23.4 Å². The van der Waals surface area contributed by atoms with E-state index in [2.05, 4.69) is 20.6 Å². The highest BCUT2D eigenvalue weighted by Gasteiger charge is 2.22. The summed E-state index contributed by atoms with van der Waals surface area (Å²) < 4.78 is 0. The molecule has 1 unspecified atom stereocenters. The second-order valence-electron chi connectivity index (χ2n) is 7.10. The fourth-order valence-electron chi connectivity index (χ4n) is 3.34. The van der Waals surface area contributed by atoms with E-state index in [1.807, 2.05) is 13.0 Å². The van der Waals surface area contributed by atoms with E-state index in [9.17, 15) is 19.8 Å². The lowest BCUT2D eigenvalue weighted by molar-refractivity contribution is 0.0696. The lowest BCUT2D eigenvalue weighted by Gasteiger charge is -2.15. The number of phenols is 1. The maximum atomic E-state index is 13.0. The molecule has 0 saturated heterocycles. The standard InChI is InChI=1S/C22H20N4O4/c1-11(23-2)10-24-21(28)17-19-18(13-5-3-4-6-14(13)20(17)27)25-15-8-7-12(22(29)30)9-16(15)26-19/h3-9,11,23,27H,10H2,1-2H3,(H,24,28)(H,29,30). The Morgan fingerprint density at radius 2 is 1.73 bits per heavy atom. The van der Waals surface area contributed by atoms with Gasteiger partial charge in [-0.1, -0.05) is 24.3 Å². The molecule has 4 aromatic rings. The molecule has 0 bridgehead atoms. The largest absolute Gasteiger partial charge is 0.506 e. The summed E-state index contributed by atoms with van der Waals surface area (Å²) in [5.74, 6) is -1.75. The van der Waals surface area contributed by atoms with Crippen LogP contribution in [-0.2, 0) is 0 Å². The van der Waals surface area contributed by atoms with Gasteiger partial charge in [0.1, 0.15) is 16.8 Å². The molecule has 4 N–H and O–H groups in total. The first-order valence-electron chi connectivity index (χ1n) is 9.44. The van der Waals surface area contributed by atoms with Crippen molar-refractivity contribution >= 4 is 44.7 Å². The highest BCUT2D eigenvalue weighted by molar-refractivity contribution is 6.19. The van der Waals surface area contributed by atoms with Gasteiger partial charge >= 0.3 is 5.97 Å². The predicted molar refractivity (Wildman–Crippen MR) is 114 cm³/mol. The number of rotatable bonds is 5. The number of aromatic hydroxyl groups is 1. The summed E-state index contributed by atoms with van der Waals surface area (Å²) in [6, 6.07) is 11.6. The second kappa shape index (κ2) is 7.57. The predicted octanol–water partition coefficient (Wildman–Crippen LogP) is 2.68. The molecule has 0 spiro atoms. The summed E-state index contributed by atoms with van der Waals surface area (Å²) in [6.45, 7) is 2.27. The number of aromatic carboxylic acids is 1. The quantitative estimate of drug-likeness (QED) is 0.298. The molecule has 0 aliphatic rings. The van der Waals surface area contributed by atoms with E-state index in [0.29, 0.717) is 33.9 Å². The second-order valence-corrected chi connectivity index (χ2v) is 7.10. The molecular formula is C22H20N4O4. The lowest BCUT2D eigenvalue weighted by atomic mass is 10.0. The van der Waals surface area contributed by atoms with Crippen molar-refractivity contribution in [2.24, 2.45) is 0 Å². The van der Waals surface area contributed by atoms with Crippen molar-refractivity contribution in [3.8, 4) is 5.75 Å². The molecular weight excluding hydrogens is 384 g/mol. The van der Waals surface area contributed by atoms with Crippen LogP contribution in [0, 0.1) is 0 Å². The zero-order chi connectivity index (χ0) is 21.4. The highest BCUT2D eigenvalue weighted by atomic mass is 16.4. The van der Waals surface area contributed by atoms with Crippen LogP contribution in [0.4, 0.5) is 0 Å². The van der Waals surface area contributed by atoms with E-state index in [1.54, 1.807) is 31.3 Å². The van der Waals surface area contributed by atoms with Crippen LogP contribution in [0.15, 0.2) is 42.5 Å². The molecule has 0 aliphatic carbocycles. The summed E-state index contributed by atoms with van der Waals surface area (Å²) in [6.07, 6.45) is 0. The van der Waals surface area contributed by atoms with Crippen molar-refractivity contribution in [2.45, 2.75) is 13.0 Å². The minimum atomic E-state index is -1.08. The third-order valence-electron chi connectivity index (χ3n) is 5.11. The van der Waals surface area contributed by atoms with E-state index >= 15 is 0 Å². The number of hydrogen-bond donors (Lipinski definition) is 4. The number of nitrogens with zero attached hydrogens (tertiary/aromatic N) is 2. The molecule has 1 heterocycles. The van der Waals surface area contributed by atoms with Gasteiger partial charge < -0.3 is 20.8 Å². The lowest BCUT2D eigenvalue weighted by Crippen LogP contribution is -2.37. The van der Waals surface area contributed by atoms with Crippen molar-refractivity contribution in [1.29, 1.82) is 0 Å². The Morgan fingerprint density at radius 3 is 2.43 bits per heavy atom. The van der Waals surface area contributed by atoms with Crippen LogP contribution in [0.25, 0.3) is 32.8 Å².